The molecule has 0 aromatic heterocycles. The summed E-state index contributed by atoms with van der Waals surface area (Å²) >= 11 is 5.73. The summed E-state index contributed by atoms with van der Waals surface area (Å²) in [5, 5.41) is 5.10. The Morgan fingerprint density at radius 3 is 2.52 bits per heavy atom. The number of hydrogen-bond donors (Lipinski definition) is 3. The second-order valence-electron chi connectivity index (χ2n) is 7.20. The number of carbonyl (C=O) groups excluding carboxylic acids is 2. The molecule has 3 atom stereocenters. The fourth-order valence-electron chi connectivity index (χ4n) is 3.22. The maximum absolute atomic E-state index is 13.3. The molecule has 2 amide bonds. The predicted octanol–water partition coefficient (Wildman–Crippen LogP) is 2.20. The minimum Gasteiger partial charge on any atom is -0.348 e. The number of halogens is 2. The SMILES string of the molecule is C[C@H](NC(=O)C1CC(C(=O)Nc2ccc(F)c(Cl)c2)N(C)S(=O)(=O)N1)c1ccccc1. The second kappa shape index (κ2) is 9.31. The van der Waals surface area contributed by atoms with Crippen LogP contribution < -0.4 is 15.4 Å². The van der Waals surface area contributed by atoms with Gasteiger partial charge in [-0.25, -0.2) is 4.39 Å². The Hall–Kier alpha value is -2.53. The first-order valence-electron chi connectivity index (χ1n) is 9.45. The lowest BCUT2D eigenvalue weighted by atomic mass is 10.0. The Balaban J connectivity index is 1.74. The normalized spacial score (nSPS) is 21.8. The molecule has 2 aromatic rings. The summed E-state index contributed by atoms with van der Waals surface area (Å²) in [5.41, 5.74) is 1.06. The Morgan fingerprint density at radius 1 is 1.19 bits per heavy atom. The fraction of sp³-hybridized carbons (Fsp3) is 0.300. The maximum atomic E-state index is 13.3. The number of carbonyl (C=O) groups is 2. The fourth-order valence-corrected chi connectivity index (χ4v) is 4.65. The predicted molar refractivity (Wildman–Crippen MR) is 115 cm³/mol. The smallest absolute Gasteiger partial charge is 0.280 e. The molecular weight excluding hydrogens is 447 g/mol. The molecule has 0 spiro atoms. The topological polar surface area (TPSA) is 108 Å². The molecule has 0 aliphatic carbocycles. The van der Waals surface area contributed by atoms with Crippen LogP contribution in [0.25, 0.3) is 0 Å². The number of nitrogens with one attached hydrogen (secondary N) is 3. The van der Waals surface area contributed by atoms with Gasteiger partial charge in [0.15, 0.2) is 0 Å². The number of amides is 2. The van der Waals surface area contributed by atoms with E-state index in [9.17, 15) is 22.4 Å². The van der Waals surface area contributed by atoms with Gasteiger partial charge in [0.2, 0.25) is 11.8 Å². The molecule has 2 aromatic carbocycles. The van der Waals surface area contributed by atoms with E-state index in [2.05, 4.69) is 15.4 Å². The number of anilines is 1. The second-order valence-corrected chi connectivity index (χ2v) is 9.37. The van der Waals surface area contributed by atoms with Crippen LogP contribution in [0.4, 0.5) is 10.1 Å². The monoisotopic (exact) mass is 468 g/mol. The summed E-state index contributed by atoms with van der Waals surface area (Å²) in [4.78, 5) is 25.5. The molecule has 1 fully saturated rings. The van der Waals surface area contributed by atoms with E-state index in [1.165, 1.54) is 19.2 Å². The van der Waals surface area contributed by atoms with Gasteiger partial charge in [0.05, 0.1) is 11.1 Å². The third-order valence-corrected chi connectivity index (χ3v) is 6.92. The van der Waals surface area contributed by atoms with Crippen molar-refractivity contribution in [1.29, 1.82) is 0 Å². The van der Waals surface area contributed by atoms with Crippen LogP contribution >= 0.6 is 11.6 Å². The molecule has 3 N–H and O–H groups in total. The number of nitrogens with zero attached hydrogens (tertiary/aromatic N) is 1. The first-order valence-corrected chi connectivity index (χ1v) is 11.3. The van der Waals surface area contributed by atoms with E-state index in [0.29, 0.717) is 0 Å². The van der Waals surface area contributed by atoms with Gasteiger partial charge in [-0.05, 0) is 37.1 Å². The summed E-state index contributed by atoms with van der Waals surface area (Å²) in [5.74, 6) is -1.86. The molecule has 8 nitrogen and oxygen atoms in total. The van der Waals surface area contributed by atoms with Gasteiger partial charge < -0.3 is 10.6 Å². The van der Waals surface area contributed by atoms with Gasteiger partial charge in [-0.3, -0.25) is 9.59 Å². The minimum atomic E-state index is -4.08. The van der Waals surface area contributed by atoms with Crippen LogP contribution in [0.2, 0.25) is 5.02 Å². The largest absolute Gasteiger partial charge is 0.348 e. The van der Waals surface area contributed by atoms with Crippen molar-refractivity contribution in [2.45, 2.75) is 31.5 Å². The molecule has 0 bridgehead atoms. The van der Waals surface area contributed by atoms with E-state index >= 15 is 0 Å². The Morgan fingerprint density at radius 2 is 1.87 bits per heavy atom. The van der Waals surface area contributed by atoms with Crippen LogP contribution in [0, 0.1) is 5.82 Å². The molecule has 31 heavy (non-hydrogen) atoms. The van der Waals surface area contributed by atoms with E-state index in [4.69, 9.17) is 11.6 Å². The molecule has 0 saturated carbocycles. The first kappa shape index (κ1) is 23.1. The average Bonchev–Trinajstić information content (AvgIpc) is 2.73. The average molecular weight is 469 g/mol. The van der Waals surface area contributed by atoms with Crippen molar-refractivity contribution in [3.8, 4) is 0 Å². The van der Waals surface area contributed by atoms with Gasteiger partial charge in [0.1, 0.15) is 17.9 Å². The van der Waals surface area contributed by atoms with Crippen LogP contribution in [-0.4, -0.2) is 43.7 Å². The van der Waals surface area contributed by atoms with E-state index in [1.807, 2.05) is 30.3 Å². The van der Waals surface area contributed by atoms with Crippen molar-refractivity contribution >= 4 is 39.3 Å². The Labute approximate surface area is 184 Å². The van der Waals surface area contributed by atoms with Crippen molar-refractivity contribution < 1.29 is 22.4 Å². The highest BCUT2D eigenvalue weighted by Gasteiger charge is 2.42. The van der Waals surface area contributed by atoms with Crippen molar-refractivity contribution in [2.24, 2.45) is 0 Å². The Bertz CT molecular complexity index is 1080. The summed E-state index contributed by atoms with van der Waals surface area (Å²) in [6.45, 7) is 1.78. The third-order valence-electron chi connectivity index (χ3n) is 5.03. The number of benzene rings is 2. The molecule has 11 heteroatoms. The third kappa shape index (κ3) is 5.40. The van der Waals surface area contributed by atoms with E-state index in [1.54, 1.807) is 6.92 Å². The molecule has 1 saturated heterocycles. The molecule has 1 aliphatic heterocycles. The van der Waals surface area contributed by atoms with Gasteiger partial charge in [-0.1, -0.05) is 41.9 Å². The van der Waals surface area contributed by atoms with E-state index < -0.39 is 39.9 Å². The van der Waals surface area contributed by atoms with Crippen molar-refractivity contribution in [2.75, 3.05) is 12.4 Å². The zero-order valence-corrected chi connectivity index (χ0v) is 18.4. The van der Waals surface area contributed by atoms with Gasteiger partial charge in [-0.2, -0.15) is 17.4 Å². The van der Waals surface area contributed by atoms with Crippen molar-refractivity contribution in [1.82, 2.24) is 14.3 Å². The van der Waals surface area contributed by atoms with Crippen LogP contribution in [0.5, 0.6) is 0 Å². The van der Waals surface area contributed by atoms with Crippen LogP contribution in [-0.2, 0) is 19.8 Å². The van der Waals surface area contributed by atoms with Crippen LogP contribution in [0.1, 0.15) is 24.9 Å². The van der Waals surface area contributed by atoms with Crippen molar-refractivity contribution in [3.05, 3.63) is 64.9 Å². The van der Waals surface area contributed by atoms with Crippen molar-refractivity contribution in [3.63, 3.8) is 0 Å². The maximum Gasteiger partial charge on any atom is 0.280 e. The van der Waals surface area contributed by atoms with Gasteiger partial charge in [-0.15, -0.1) is 0 Å². The lowest BCUT2D eigenvalue weighted by Crippen LogP contribution is -2.62. The highest BCUT2D eigenvalue weighted by molar-refractivity contribution is 7.87. The molecule has 1 aliphatic rings. The highest BCUT2D eigenvalue weighted by atomic mass is 35.5. The van der Waals surface area contributed by atoms with E-state index in [0.717, 1.165) is 15.9 Å². The number of likely N-dealkylation sites (N-methyl/N-ethyl adjacent to an activating group) is 1. The van der Waals surface area contributed by atoms with Gasteiger partial charge in [0, 0.05) is 12.7 Å². The molecule has 0 radical (unpaired) electrons. The van der Waals surface area contributed by atoms with Crippen LogP contribution in [0.3, 0.4) is 0 Å². The standard InChI is InChI=1S/C20H22ClFN4O4S/c1-12(13-6-4-3-5-7-13)23-19(27)17-11-18(26(2)31(29,30)25-17)20(28)24-14-8-9-16(22)15(21)10-14/h3-10,12,17-18,25H,11H2,1-2H3,(H,23,27)(H,24,28)/t12-,17?,18?/m0/s1. The van der Waals surface area contributed by atoms with E-state index in [-0.39, 0.29) is 23.2 Å². The first-order chi connectivity index (χ1) is 14.6. The molecule has 3 rings (SSSR count). The quantitative estimate of drug-likeness (QED) is 0.625. The Kier molecular flexibility index (Phi) is 6.95. The zero-order valence-electron chi connectivity index (χ0n) is 16.8. The highest BCUT2D eigenvalue weighted by Crippen LogP contribution is 2.23. The van der Waals surface area contributed by atoms with Gasteiger partial charge in [0.25, 0.3) is 10.2 Å². The molecule has 2 unspecified atom stereocenters. The lowest BCUT2D eigenvalue weighted by Gasteiger charge is -2.35. The number of rotatable bonds is 5. The summed E-state index contributed by atoms with van der Waals surface area (Å²) < 4.78 is 41.5. The number of hydrogen-bond acceptors (Lipinski definition) is 4. The van der Waals surface area contributed by atoms with Gasteiger partial charge >= 0.3 is 0 Å². The lowest BCUT2D eigenvalue weighted by molar-refractivity contribution is -0.125. The zero-order chi connectivity index (χ0) is 22.8. The molecule has 1 heterocycles. The summed E-state index contributed by atoms with van der Waals surface area (Å²) in [6, 6.07) is 10.2. The van der Waals surface area contributed by atoms with Crippen LogP contribution in [0.15, 0.2) is 48.5 Å². The summed E-state index contributed by atoms with van der Waals surface area (Å²) in [7, 11) is -2.84. The minimum absolute atomic E-state index is 0.0934. The molecular formula is C20H22ClFN4O4S. The summed E-state index contributed by atoms with van der Waals surface area (Å²) in [6.07, 6.45) is -0.0934. The molecule has 166 valence electrons.